The molecule has 6 nitrogen and oxygen atoms in total. The number of nitrogens with one attached hydrogen (secondary N) is 1. The molecule has 2 aromatic rings. The largest absolute Gasteiger partial charge is 0.364 e. The predicted molar refractivity (Wildman–Crippen MR) is 93.7 cm³/mol. The van der Waals surface area contributed by atoms with E-state index < -0.39 is 6.10 Å². The lowest BCUT2D eigenvalue weighted by Crippen LogP contribution is -2.41. The highest BCUT2D eigenvalue weighted by Crippen LogP contribution is 2.34. The number of benzene rings is 1. The minimum atomic E-state index is -0.447. The molecule has 0 bridgehead atoms. The molecule has 3 atom stereocenters. The number of hydrogen-bond donors (Lipinski definition) is 1. The number of amides is 1. The van der Waals surface area contributed by atoms with E-state index in [1.807, 2.05) is 12.1 Å². The molecule has 3 heterocycles. The molecule has 1 aromatic heterocycles. The van der Waals surface area contributed by atoms with Crippen LogP contribution in [0.25, 0.3) is 0 Å². The minimum absolute atomic E-state index is 0.0572. The first-order valence-electron chi connectivity index (χ1n) is 8.86. The van der Waals surface area contributed by atoms with Gasteiger partial charge in [-0.2, -0.15) is 0 Å². The fraction of sp³-hybridized carbons (Fsp3) is 0.421. The molecule has 0 radical (unpaired) electrons. The number of likely N-dealkylation sites (tertiary alicyclic amines) is 1. The fourth-order valence-corrected chi connectivity index (χ4v) is 3.73. The van der Waals surface area contributed by atoms with Crippen molar-refractivity contribution in [3.8, 4) is 0 Å². The van der Waals surface area contributed by atoms with Crippen molar-refractivity contribution in [2.75, 3.05) is 18.4 Å². The Balaban J connectivity index is 1.32. The molecule has 4 rings (SSSR count). The summed E-state index contributed by atoms with van der Waals surface area (Å²) in [5.41, 5.74) is 1.08. The first kappa shape index (κ1) is 17.1. The molecule has 26 heavy (non-hydrogen) atoms. The highest BCUT2D eigenvalue weighted by Gasteiger charge is 2.41. The summed E-state index contributed by atoms with van der Waals surface area (Å²) in [5.74, 6) is 0.458. The number of hydrogen-bond acceptors (Lipinski definition) is 5. The Morgan fingerprint density at radius 1 is 1.31 bits per heavy atom. The molecule has 1 amide bonds. The van der Waals surface area contributed by atoms with Crippen LogP contribution in [0.15, 0.2) is 42.9 Å². The van der Waals surface area contributed by atoms with E-state index in [0.29, 0.717) is 11.7 Å². The van der Waals surface area contributed by atoms with Crippen LogP contribution in [-0.4, -0.2) is 46.1 Å². The van der Waals surface area contributed by atoms with Gasteiger partial charge in [-0.1, -0.05) is 12.1 Å². The number of fused-ring (bicyclic) bond motifs is 1. The summed E-state index contributed by atoms with van der Waals surface area (Å²) in [6.45, 7) is 2.51. The zero-order valence-corrected chi connectivity index (χ0v) is 14.3. The van der Waals surface area contributed by atoms with E-state index in [1.165, 1.54) is 24.5 Å². The number of rotatable bonds is 4. The third kappa shape index (κ3) is 3.89. The van der Waals surface area contributed by atoms with Crippen LogP contribution in [0.5, 0.6) is 0 Å². The number of ether oxygens (including phenoxy) is 1. The van der Waals surface area contributed by atoms with E-state index in [1.54, 1.807) is 6.20 Å². The van der Waals surface area contributed by atoms with Gasteiger partial charge in [-0.25, -0.2) is 9.37 Å². The summed E-state index contributed by atoms with van der Waals surface area (Å²) in [4.78, 5) is 22.7. The number of nitrogens with zero attached hydrogens (tertiary/aromatic N) is 3. The van der Waals surface area contributed by atoms with Crippen molar-refractivity contribution in [3.05, 3.63) is 54.2 Å². The first-order chi connectivity index (χ1) is 12.7. The van der Waals surface area contributed by atoms with Gasteiger partial charge in [-0.15, -0.1) is 0 Å². The van der Waals surface area contributed by atoms with E-state index in [2.05, 4.69) is 20.2 Å². The molecular formula is C19H21FN4O2. The van der Waals surface area contributed by atoms with Gasteiger partial charge in [0.15, 0.2) is 5.82 Å². The monoisotopic (exact) mass is 356 g/mol. The van der Waals surface area contributed by atoms with Gasteiger partial charge in [-0.05, 0) is 43.0 Å². The van der Waals surface area contributed by atoms with E-state index in [4.69, 9.17) is 4.74 Å². The summed E-state index contributed by atoms with van der Waals surface area (Å²) in [7, 11) is 0. The maximum absolute atomic E-state index is 13.0. The highest BCUT2D eigenvalue weighted by atomic mass is 19.1. The zero-order valence-electron chi connectivity index (χ0n) is 14.3. The normalized spacial score (nSPS) is 25.7. The number of carbonyl (C=O) groups is 1. The number of halogens is 1. The second kappa shape index (κ2) is 7.47. The second-order valence-electron chi connectivity index (χ2n) is 6.89. The van der Waals surface area contributed by atoms with Crippen molar-refractivity contribution in [2.24, 2.45) is 5.92 Å². The molecule has 2 aliphatic heterocycles. The van der Waals surface area contributed by atoms with Crippen molar-refractivity contribution in [1.29, 1.82) is 0 Å². The Morgan fingerprint density at radius 2 is 2.15 bits per heavy atom. The number of anilines is 1. The van der Waals surface area contributed by atoms with Gasteiger partial charge in [0, 0.05) is 25.5 Å². The number of carbonyl (C=O) groups excluding carboxylic acids is 1. The van der Waals surface area contributed by atoms with Gasteiger partial charge in [0.1, 0.15) is 11.9 Å². The Labute approximate surface area is 151 Å². The zero-order chi connectivity index (χ0) is 17.9. The van der Waals surface area contributed by atoms with Crippen molar-refractivity contribution in [3.63, 3.8) is 0 Å². The molecular weight excluding hydrogens is 335 g/mol. The molecule has 0 spiro atoms. The lowest BCUT2D eigenvalue weighted by atomic mass is 9.91. The van der Waals surface area contributed by atoms with E-state index in [0.717, 1.165) is 38.0 Å². The maximum atomic E-state index is 13.0. The van der Waals surface area contributed by atoms with E-state index in [9.17, 15) is 9.18 Å². The summed E-state index contributed by atoms with van der Waals surface area (Å²) >= 11 is 0. The van der Waals surface area contributed by atoms with Gasteiger partial charge in [0.2, 0.25) is 0 Å². The summed E-state index contributed by atoms with van der Waals surface area (Å²) in [6, 6.07) is 6.60. The first-order valence-corrected chi connectivity index (χ1v) is 8.86. The van der Waals surface area contributed by atoms with Crippen molar-refractivity contribution in [1.82, 2.24) is 14.9 Å². The smallest absolute Gasteiger partial charge is 0.254 e. The van der Waals surface area contributed by atoms with E-state index in [-0.39, 0.29) is 17.8 Å². The summed E-state index contributed by atoms with van der Waals surface area (Å²) in [5, 5.41) is 2.76. The third-order valence-electron chi connectivity index (χ3n) is 5.06. The third-order valence-corrected chi connectivity index (χ3v) is 5.06. The van der Waals surface area contributed by atoms with Gasteiger partial charge in [-0.3, -0.25) is 14.7 Å². The second-order valence-corrected chi connectivity index (χ2v) is 6.89. The standard InChI is InChI=1S/C19H21FN4O2/c20-15-3-1-13(2-4-15)11-24-8-5-14-9-16(26-17(14)12-24)19(25)23-18-10-21-6-7-22-18/h1-4,6-7,10,14,16-17H,5,8-9,11-12H2,(H,22,23,25)/t14-,16-,17+/m0/s1. The summed E-state index contributed by atoms with van der Waals surface area (Å²) < 4.78 is 19.1. The Morgan fingerprint density at radius 3 is 2.92 bits per heavy atom. The van der Waals surface area contributed by atoms with Gasteiger partial charge in [0.25, 0.3) is 5.91 Å². The van der Waals surface area contributed by atoms with Crippen LogP contribution in [0.3, 0.4) is 0 Å². The van der Waals surface area contributed by atoms with Crippen LogP contribution in [0.4, 0.5) is 10.2 Å². The average Bonchev–Trinajstić information content (AvgIpc) is 3.08. The molecule has 1 N–H and O–H groups in total. The summed E-state index contributed by atoms with van der Waals surface area (Å²) in [6.07, 6.45) is 5.97. The Bertz CT molecular complexity index is 756. The van der Waals surface area contributed by atoms with Crippen molar-refractivity contribution < 1.29 is 13.9 Å². The SMILES string of the molecule is O=C(Nc1cnccn1)[C@@H]1C[C@@H]2CCN(Cc3ccc(F)cc3)C[C@H]2O1. The lowest BCUT2D eigenvalue weighted by Gasteiger charge is -2.34. The Kier molecular flexibility index (Phi) is 4.90. The molecule has 7 heteroatoms. The van der Waals surface area contributed by atoms with Crippen molar-refractivity contribution in [2.45, 2.75) is 31.6 Å². The topological polar surface area (TPSA) is 67.4 Å². The van der Waals surface area contributed by atoms with Crippen LogP contribution < -0.4 is 5.32 Å². The van der Waals surface area contributed by atoms with Crippen LogP contribution in [0.2, 0.25) is 0 Å². The van der Waals surface area contributed by atoms with Crippen LogP contribution in [0, 0.1) is 11.7 Å². The quantitative estimate of drug-likeness (QED) is 0.910. The molecule has 1 aromatic carbocycles. The van der Waals surface area contributed by atoms with Gasteiger partial charge in [0.05, 0.1) is 12.3 Å². The maximum Gasteiger partial charge on any atom is 0.254 e. The number of piperidine rings is 1. The van der Waals surface area contributed by atoms with E-state index >= 15 is 0 Å². The Hall–Kier alpha value is -2.38. The molecule has 0 unspecified atom stereocenters. The fourth-order valence-electron chi connectivity index (χ4n) is 3.73. The van der Waals surface area contributed by atoms with Crippen LogP contribution in [-0.2, 0) is 16.1 Å². The highest BCUT2D eigenvalue weighted by molar-refractivity contribution is 5.93. The average molecular weight is 356 g/mol. The van der Waals surface area contributed by atoms with Gasteiger partial charge >= 0.3 is 0 Å². The predicted octanol–water partition coefficient (Wildman–Crippen LogP) is 2.23. The van der Waals surface area contributed by atoms with Gasteiger partial charge < -0.3 is 10.1 Å². The molecule has 2 saturated heterocycles. The van der Waals surface area contributed by atoms with Crippen LogP contribution in [0.1, 0.15) is 18.4 Å². The van der Waals surface area contributed by atoms with Crippen LogP contribution >= 0.6 is 0 Å². The molecule has 2 fully saturated rings. The number of aromatic nitrogens is 2. The van der Waals surface area contributed by atoms with Crippen molar-refractivity contribution >= 4 is 11.7 Å². The molecule has 0 saturated carbocycles. The lowest BCUT2D eigenvalue weighted by molar-refractivity contribution is -0.127. The minimum Gasteiger partial charge on any atom is -0.364 e. The molecule has 136 valence electrons. The molecule has 2 aliphatic rings. The molecule has 0 aliphatic carbocycles.